The Bertz CT molecular complexity index is 2790. The number of fused-ring (bicyclic) bond motifs is 4. The van der Waals surface area contributed by atoms with Crippen molar-refractivity contribution in [1.82, 2.24) is 35.7 Å². The Labute approximate surface area is 535 Å². The topological polar surface area (TPSA) is 251 Å². The average molecular weight is 1240 g/mol. The van der Waals surface area contributed by atoms with E-state index in [1.54, 1.807) is 25.3 Å². The molecular formula is C71H105N11O8. The fourth-order valence-electron chi connectivity index (χ4n) is 13.8. The highest BCUT2D eigenvalue weighted by molar-refractivity contribution is 6.06. The molecule has 3 amide bonds. The standard InChI is InChI=1S/C29H42N4O3.C16H20N6O2.C13H21NO2.C13H22O/c1-4-7-21(34)8-6-9-28(35)31-20-10-15-27(30-17-20)29-25-14-13-24-23(26(24)18-36-16-5-2)12-11-22(25)19(3)32-33-29;1-3-5-13(23)6-4-7-15(24)18-12-8-9-14(17-10-12)16-21-19-11(2)20-22-16;1-2-14-13(15)16-9-12-10-7-5-3-4-6-8-11(10)12;1-2-9-14-10-13-11-7-5-3-4-6-8-12(11)13/h10,15,17,22-26H,4-9,11-14,16,18H2,1-3H3,(H,31,35);8-10H,3-7H2,1-2H3,(H,18,24);3-4,10-12H,2,5-9H2,1H3,(H,14,15);3-4,11-13H,2,5-10H2,1H3/b;;2*4-3+/t22-,23+,24-,25+,26-;;10-,11+,12?;11-,12+,13?/m0.../s1. The fraction of sp³-hybridized carbons (Fsp3) is 0.676. The Balaban J connectivity index is 0.000000183. The van der Waals surface area contributed by atoms with Crippen LogP contribution in [0.5, 0.6) is 0 Å². The second-order valence-corrected chi connectivity index (χ2v) is 25.6. The number of pyridine rings is 2. The van der Waals surface area contributed by atoms with E-state index in [1.165, 1.54) is 70.4 Å². The van der Waals surface area contributed by atoms with Crippen LogP contribution in [0.25, 0.3) is 11.5 Å². The van der Waals surface area contributed by atoms with E-state index in [0.29, 0.717) is 111 Å². The Hall–Kier alpha value is -6.47. The normalized spacial score (nSPS) is 25.6. The summed E-state index contributed by atoms with van der Waals surface area (Å²) in [5.74, 6) is 9.25. The van der Waals surface area contributed by atoms with Crippen LogP contribution in [0.4, 0.5) is 16.2 Å². The molecule has 4 saturated carbocycles. The molecule has 4 fully saturated rings. The van der Waals surface area contributed by atoms with Crippen molar-refractivity contribution in [1.29, 1.82) is 0 Å². The van der Waals surface area contributed by atoms with Crippen LogP contribution in [0.15, 0.2) is 71.2 Å². The molecule has 7 aliphatic rings. The number of carbonyl (C=O) groups is 5. The number of nitrogens with zero attached hydrogens (tertiary/aromatic N) is 8. The molecule has 0 saturated heterocycles. The molecule has 492 valence electrons. The number of ketones is 2. The van der Waals surface area contributed by atoms with Gasteiger partial charge >= 0.3 is 6.09 Å². The highest BCUT2D eigenvalue weighted by Gasteiger charge is 2.52. The molecule has 4 heterocycles. The minimum absolute atomic E-state index is 0.0828. The van der Waals surface area contributed by atoms with Gasteiger partial charge in [-0.15, -0.1) is 20.4 Å². The van der Waals surface area contributed by atoms with Gasteiger partial charge in [-0.1, -0.05) is 52.0 Å². The smallest absolute Gasteiger partial charge is 0.407 e. The van der Waals surface area contributed by atoms with Gasteiger partial charge in [0, 0.05) is 89.0 Å². The molecular weight excluding hydrogens is 1130 g/mol. The first-order chi connectivity index (χ1) is 43.8. The number of hydrogen-bond donors (Lipinski definition) is 3. The van der Waals surface area contributed by atoms with Crippen molar-refractivity contribution < 1.29 is 38.2 Å². The van der Waals surface area contributed by atoms with Crippen LogP contribution >= 0.6 is 0 Å². The molecule has 0 bridgehead atoms. The van der Waals surface area contributed by atoms with E-state index in [4.69, 9.17) is 14.2 Å². The highest BCUT2D eigenvalue weighted by atomic mass is 16.5. The van der Waals surface area contributed by atoms with Gasteiger partial charge in [0.1, 0.15) is 17.3 Å². The maximum atomic E-state index is 12.3. The third-order valence-electron chi connectivity index (χ3n) is 18.8. The Kier molecular flexibility index (Phi) is 30.3. The Morgan fingerprint density at radius 1 is 0.489 bits per heavy atom. The van der Waals surface area contributed by atoms with E-state index >= 15 is 0 Å². The molecule has 19 nitrogen and oxygen atoms in total. The molecule has 3 aromatic heterocycles. The van der Waals surface area contributed by atoms with Crippen molar-refractivity contribution in [2.45, 2.75) is 203 Å². The van der Waals surface area contributed by atoms with E-state index in [9.17, 15) is 24.0 Å². The van der Waals surface area contributed by atoms with Gasteiger partial charge in [0.05, 0.1) is 41.8 Å². The van der Waals surface area contributed by atoms with E-state index in [1.807, 2.05) is 32.9 Å². The summed E-state index contributed by atoms with van der Waals surface area (Å²) in [5.41, 5.74) is 4.75. The molecule has 3 aromatic rings. The number of alkyl carbamates (subject to hydrolysis) is 1. The lowest BCUT2D eigenvalue weighted by Gasteiger charge is -2.31. The van der Waals surface area contributed by atoms with Crippen molar-refractivity contribution in [3.8, 4) is 11.5 Å². The van der Waals surface area contributed by atoms with E-state index in [2.05, 4.69) is 102 Å². The molecule has 0 aromatic carbocycles. The fourth-order valence-corrected chi connectivity index (χ4v) is 13.8. The number of rotatable bonds is 27. The molecule has 0 radical (unpaired) electrons. The average Bonchev–Trinajstić information content (AvgIpc) is 1.79. The number of allylic oxidation sites excluding steroid dienone is 4. The number of aromatic nitrogens is 6. The number of amides is 3. The van der Waals surface area contributed by atoms with Crippen molar-refractivity contribution in [3.63, 3.8) is 0 Å². The first-order valence-corrected chi connectivity index (χ1v) is 34.4. The van der Waals surface area contributed by atoms with E-state index in [0.717, 1.165) is 129 Å². The van der Waals surface area contributed by atoms with Crippen LogP contribution in [0, 0.1) is 72.0 Å². The number of aryl methyl sites for hydroxylation is 1. The van der Waals surface area contributed by atoms with Gasteiger partial charge < -0.3 is 30.2 Å². The summed E-state index contributed by atoms with van der Waals surface area (Å²) in [4.78, 5) is 67.2. The van der Waals surface area contributed by atoms with Crippen molar-refractivity contribution in [3.05, 3.63) is 72.5 Å². The lowest BCUT2D eigenvalue weighted by atomic mass is 9.75. The van der Waals surface area contributed by atoms with Gasteiger partial charge in [-0.25, -0.2) is 4.79 Å². The monoisotopic (exact) mass is 1240 g/mol. The minimum atomic E-state index is -0.264. The summed E-state index contributed by atoms with van der Waals surface area (Å²) in [6, 6.07) is 7.25. The molecule has 10 rings (SSSR count). The molecule has 2 unspecified atom stereocenters. The Morgan fingerprint density at radius 2 is 0.944 bits per heavy atom. The predicted molar refractivity (Wildman–Crippen MR) is 354 cm³/mol. The van der Waals surface area contributed by atoms with Gasteiger partial charge in [0.15, 0.2) is 5.82 Å². The van der Waals surface area contributed by atoms with Crippen LogP contribution < -0.4 is 16.0 Å². The van der Waals surface area contributed by atoms with Crippen LogP contribution in [-0.2, 0) is 33.4 Å². The van der Waals surface area contributed by atoms with Gasteiger partial charge in [0.25, 0.3) is 0 Å². The molecule has 11 atom stereocenters. The SMILES string of the molecule is CCCC(=O)CCCC(=O)Nc1ccc(-c2nnc(C)nn2)nc1.CCCOCC1[C@H]2CC/C=C/CC[C@@H]12.CCCOC[C@H]1[C@@H]2CC[C@H]3C(C)=NN=C(c4ccc(NC(=O)CCCC(=O)CCC)cn4)[C@@H]3CC[C@@H]21.CCNC(=O)OCC1[C@H]2CC/C=C/CC[C@@H]12. The van der Waals surface area contributed by atoms with Gasteiger partial charge in [0.2, 0.25) is 17.6 Å². The summed E-state index contributed by atoms with van der Waals surface area (Å²) < 4.78 is 16.8. The third kappa shape index (κ3) is 23.3. The number of ether oxygens (including phenoxy) is 3. The predicted octanol–water partition coefficient (Wildman–Crippen LogP) is 14.1. The summed E-state index contributed by atoms with van der Waals surface area (Å²) in [6.07, 6.45) is 35.1. The number of carbonyl (C=O) groups excluding carboxylic acids is 5. The second-order valence-electron chi connectivity index (χ2n) is 25.6. The lowest BCUT2D eigenvalue weighted by Crippen LogP contribution is -2.33. The number of nitrogens with one attached hydrogen (secondary N) is 3. The lowest BCUT2D eigenvalue weighted by molar-refractivity contribution is -0.121. The molecule has 3 N–H and O–H groups in total. The first-order valence-electron chi connectivity index (χ1n) is 34.4. The minimum Gasteiger partial charge on any atom is -0.449 e. The van der Waals surface area contributed by atoms with Crippen LogP contribution in [0.1, 0.15) is 207 Å². The zero-order valence-corrected chi connectivity index (χ0v) is 55.2. The number of hydrogen-bond acceptors (Lipinski definition) is 16. The third-order valence-corrected chi connectivity index (χ3v) is 18.8. The van der Waals surface area contributed by atoms with Gasteiger partial charge in [-0.3, -0.25) is 29.1 Å². The quantitative estimate of drug-likeness (QED) is 0.0474. The van der Waals surface area contributed by atoms with Crippen LogP contribution in [-0.4, -0.2) is 111 Å². The number of anilines is 2. The van der Waals surface area contributed by atoms with E-state index < -0.39 is 0 Å². The molecule has 90 heavy (non-hydrogen) atoms. The number of Topliss-reactive ketones (excluding diaryl/α,β-unsaturated/α-hetero) is 2. The molecule has 19 heteroatoms. The Morgan fingerprint density at radius 3 is 1.39 bits per heavy atom. The maximum absolute atomic E-state index is 12.3. The van der Waals surface area contributed by atoms with Gasteiger partial charge in [-0.2, -0.15) is 10.2 Å². The first kappa shape index (κ1) is 71.0. The maximum Gasteiger partial charge on any atom is 0.407 e. The summed E-state index contributed by atoms with van der Waals surface area (Å²) in [5, 5.41) is 32.9. The van der Waals surface area contributed by atoms with Gasteiger partial charge in [-0.05, 0) is 214 Å². The van der Waals surface area contributed by atoms with Crippen molar-refractivity contribution in [2.75, 3.05) is 50.2 Å². The second kappa shape index (κ2) is 38.4. The molecule has 1 aliphatic heterocycles. The highest BCUT2D eigenvalue weighted by Crippen LogP contribution is 2.56. The molecule has 0 spiro atoms. The summed E-state index contributed by atoms with van der Waals surface area (Å²) >= 11 is 0. The van der Waals surface area contributed by atoms with Crippen LogP contribution in [0.2, 0.25) is 0 Å². The van der Waals surface area contributed by atoms with Crippen molar-refractivity contribution in [2.24, 2.45) is 75.3 Å². The zero-order valence-electron chi connectivity index (χ0n) is 55.2. The van der Waals surface area contributed by atoms with Crippen LogP contribution in [0.3, 0.4) is 0 Å². The summed E-state index contributed by atoms with van der Waals surface area (Å²) in [7, 11) is 0. The van der Waals surface area contributed by atoms with E-state index in [-0.39, 0.29) is 29.5 Å². The summed E-state index contributed by atoms with van der Waals surface area (Å²) in [6.45, 7) is 19.0. The van der Waals surface area contributed by atoms with Crippen molar-refractivity contribution >= 4 is 52.3 Å². The zero-order chi connectivity index (χ0) is 64.0. The molecule has 6 aliphatic carbocycles. The largest absolute Gasteiger partial charge is 0.449 e.